The van der Waals surface area contributed by atoms with Gasteiger partial charge in [-0.15, -0.1) is 0 Å². The minimum absolute atomic E-state index is 0.0721. The molecule has 0 aliphatic carbocycles. The minimum atomic E-state index is -0.256. The topological polar surface area (TPSA) is 161 Å². The van der Waals surface area contributed by atoms with Crippen molar-refractivity contribution in [1.82, 2.24) is 9.97 Å². The third-order valence-electron chi connectivity index (χ3n) is 5.87. The van der Waals surface area contributed by atoms with Crippen LogP contribution in [0.25, 0.3) is 55.8 Å². The summed E-state index contributed by atoms with van der Waals surface area (Å²) < 4.78 is 0. The molecule has 0 radical (unpaired) electrons. The monoisotopic (exact) mass is 464 g/mol. The number of hydrogen-bond donors (Lipinski definition) is 2. The SMILES string of the molecule is N#CC(C#N)=Cc1ccc2[nH]c3cc4c(=O)c5cc(C=C(C#N)C#N)ccc5[nH]c4cc3c(=O)c2c1. The number of nitrogens with one attached hydrogen (secondary N) is 2. The first-order valence-electron chi connectivity index (χ1n) is 10.6. The summed E-state index contributed by atoms with van der Waals surface area (Å²) in [5.41, 5.74) is 2.49. The first-order valence-corrected chi connectivity index (χ1v) is 10.6. The van der Waals surface area contributed by atoms with E-state index in [1.807, 2.05) is 0 Å². The summed E-state index contributed by atoms with van der Waals surface area (Å²) in [7, 11) is 0. The second-order valence-corrected chi connectivity index (χ2v) is 8.02. The summed E-state index contributed by atoms with van der Waals surface area (Å²) >= 11 is 0. The number of benzene rings is 3. The van der Waals surface area contributed by atoms with Crippen molar-refractivity contribution >= 4 is 55.8 Å². The Balaban J connectivity index is 1.77. The van der Waals surface area contributed by atoms with Crippen molar-refractivity contribution < 1.29 is 0 Å². The first kappa shape index (κ1) is 21.9. The summed E-state index contributed by atoms with van der Waals surface area (Å²) in [6, 6.07) is 20.4. The van der Waals surface area contributed by atoms with Crippen molar-refractivity contribution in [1.29, 1.82) is 21.0 Å². The Morgan fingerprint density at radius 2 is 0.917 bits per heavy atom. The fourth-order valence-corrected chi connectivity index (χ4v) is 4.17. The van der Waals surface area contributed by atoms with E-state index in [1.54, 1.807) is 72.8 Å². The van der Waals surface area contributed by atoms with Gasteiger partial charge in [-0.25, -0.2) is 0 Å². The van der Waals surface area contributed by atoms with Crippen LogP contribution < -0.4 is 10.9 Å². The molecule has 166 valence electrons. The molecule has 2 N–H and O–H groups in total. The van der Waals surface area contributed by atoms with E-state index < -0.39 is 0 Å². The molecular formula is C28H12N6O2. The van der Waals surface area contributed by atoms with Gasteiger partial charge < -0.3 is 9.97 Å². The van der Waals surface area contributed by atoms with Gasteiger partial charge in [-0.2, -0.15) is 21.0 Å². The number of fused-ring (bicyclic) bond motifs is 4. The Hall–Kier alpha value is -5.96. The zero-order chi connectivity index (χ0) is 25.4. The van der Waals surface area contributed by atoms with Gasteiger partial charge >= 0.3 is 0 Å². The number of H-pyrrole nitrogens is 2. The normalized spacial score (nSPS) is 10.3. The molecule has 2 aromatic heterocycles. The van der Waals surface area contributed by atoms with Crippen molar-refractivity contribution in [3.63, 3.8) is 0 Å². The van der Waals surface area contributed by atoms with E-state index in [4.69, 9.17) is 21.0 Å². The van der Waals surface area contributed by atoms with Gasteiger partial charge in [0.1, 0.15) is 35.4 Å². The number of hydrogen-bond acceptors (Lipinski definition) is 6. The van der Waals surface area contributed by atoms with E-state index in [0.717, 1.165) is 0 Å². The standard InChI is InChI=1S/C28H12N6O2/c29-11-17(12-30)5-15-1-3-23-19(7-15)27(35)21-10-26-22(9-25(21)33-23)28(36)20-8-16(2-4-24(20)34-26)6-18(13-31)14-32/h1-10H,(H,33,35)(H,34,36). The molecule has 0 aliphatic rings. The van der Waals surface area contributed by atoms with Crippen LogP contribution in [0.3, 0.4) is 0 Å². The number of pyridine rings is 2. The largest absolute Gasteiger partial charge is 0.354 e. The van der Waals surface area contributed by atoms with Gasteiger partial charge in [0, 0.05) is 32.6 Å². The molecule has 0 saturated heterocycles. The van der Waals surface area contributed by atoms with Crippen LogP contribution in [0.4, 0.5) is 0 Å². The minimum Gasteiger partial charge on any atom is -0.354 e. The third-order valence-corrected chi connectivity index (χ3v) is 5.87. The molecule has 0 aliphatic heterocycles. The zero-order valence-corrected chi connectivity index (χ0v) is 18.4. The molecule has 0 atom stereocenters. The summed E-state index contributed by atoms with van der Waals surface area (Å²) in [6.45, 7) is 0. The number of aromatic amines is 2. The second-order valence-electron chi connectivity index (χ2n) is 8.02. The van der Waals surface area contributed by atoms with Crippen LogP contribution in [0.5, 0.6) is 0 Å². The van der Waals surface area contributed by atoms with E-state index in [2.05, 4.69) is 9.97 Å². The van der Waals surface area contributed by atoms with Crippen LogP contribution in [0, 0.1) is 45.3 Å². The smallest absolute Gasteiger partial charge is 0.197 e. The molecule has 0 unspecified atom stereocenters. The number of allylic oxidation sites excluding steroid dienone is 2. The predicted octanol–water partition coefficient (Wildman–Crippen LogP) is 4.54. The van der Waals surface area contributed by atoms with E-state index in [-0.39, 0.29) is 22.0 Å². The molecule has 2 heterocycles. The summed E-state index contributed by atoms with van der Waals surface area (Å²) in [6.07, 6.45) is 2.82. The van der Waals surface area contributed by atoms with Gasteiger partial charge in [0.05, 0.1) is 11.0 Å². The van der Waals surface area contributed by atoms with E-state index in [0.29, 0.717) is 54.7 Å². The van der Waals surface area contributed by atoms with Gasteiger partial charge in [0.2, 0.25) is 0 Å². The highest BCUT2D eigenvalue weighted by Gasteiger charge is 2.12. The molecule has 0 saturated carbocycles. The molecule has 0 fully saturated rings. The Bertz CT molecular complexity index is 1950. The van der Waals surface area contributed by atoms with Gasteiger partial charge in [0.15, 0.2) is 10.9 Å². The summed E-state index contributed by atoms with van der Waals surface area (Å²) in [5.74, 6) is 0. The fraction of sp³-hybridized carbons (Fsp3) is 0. The Morgan fingerprint density at radius 3 is 1.28 bits per heavy atom. The van der Waals surface area contributed by atoms with Gasteiger partial charge in [-0.05, 0) is 59.7 Å². The lowest BCUT2D eigenvalue weighted by atomic mass is 10.0. The van der Waals surface area contributed by atoms with Crippen LogP contribution >= 0.6 is 0 Å². The number of rotatable bonds is 2. The highest BCUT2D eigenvalue weighted by molar-refractivity contribution is 6.03. The van der Waals surface area contributed by atoms with Crippen molar-refractivity contribution in [2.45, 2.75) is 0 Å². The second kappa shape index (κ2) is 8.43. The molecule has 3 aromatic carbocycles. The number of aromatic nitrogens is 2. The van der Waals surface area contributed by atoms with Crippen LogP contribution in [0.1, 0.15) is 11.1 Å². The fourth-order valence-electron chi connectivity index (χ4n) is 4.17. The van der Waals surface area contributed by atoms with Gasteiger partial charge in [0.25, 0.3) is 0 Å². The molecule has 36 heavy (non-hydrogen) atoms. The Morgan fingerprint density at radius 1 is 0.556 bits per heavy atom. The number of nitrogens with zero attached hydrogens (tertiary/aromatic N) is 4. The lowest BCUT2D eigenvalue weighted by Gasteiger charge is -2.08. The Labute approximate surface area is 202 Å². The molecule has 0 amide bonds. The van der Waals surface area contributed by atoms with Crippen molar-refractivity contribution in [3.8, 4) is 24.3 Å². The van der Waals surface area contributed by atoms with Crippen molar-refractivity contribution in [3.05, 3.63) is 91.3 Å². The van der Waals surface area contributed by atoms with Gasteiger partial charge in [-0.1, -0.05) is 12.1 Å². The molecule has 0 spiro atoms. The van der Waals surface area contributed by atoms with E-state index in [9.17, 15) is 9.59 Å². The Kier molecular flexibility index (Phi) is 5.12. The average Bonchev–Trinajstić information content (AvgIpc) is 2.90. The van der Waals surface area contributed by atoms with Crippen LogP contribution in [-0.2, 0) is 0 Å². The molecule has 8 nitrogen and oxygen atoms in total. The maximum Gasteiger partial charge on any atom is 0.197 e. The summed E-state index contributed by atoms with van der Waals surface area (Å²) in [5, 5.41) is 37.5. The van der Waals surface area contributed by atoms with Crippen molar-refractivity contribution in [2.24, 2.45) is 0 Å². The predicted molar refractivity (Wildman–Crippen MR) is 136 cm³/mol. The van der Waals surface area contributed by atoms with E-state index in [1.165, 1.54) is 12.2 Å². The summed E-state index contributed by atoms with van der Waals surface area (Å²) in [4.78, 5) is 33.1. The zero-order valence-electron chi connectivity index (χ0n) is 18.4. The first-order chi connectivity index (χ1) is 17.4. The van der Waals surface area contributed by atoms with Crippen LogP contribution in [0.15, 0.2) is 69.3 Å². The molecule has 0 bridgehead atoms. The highest BCUT2D eigenvalue weighted by atomic mass is 16.1. The lowest BCUT2D eigenvalue weighted by molar-refractivity contribution is 1.45. The maximum absolute atomic E-state index is 13.3. The third kappa shape index (κ3) is 3.55. The maximum atomic E-state index is 13.3. The number of nitriles is 4. The van der Waals surface area contributed by atoms with Crippen LogP contribution in [0.2, 0.25) is 0 Å². The highest BCUT2D eigenvalue weighted by Crippen LogP contribution is 2.23. The van der Waals surface area contributed by atoms with E-state index >= 15 is 0 Å². The van der Waals surface area contributed by atoms with Crippen molar-refractivity contribution in [2.75, 3.05) is 0 Å². The van der Waals surface area contributed by atoms with Crippen LogP contribution in [-0.4, -0.2) is 9.97 Å². The molecular weight excluding hydrogens is 452 g/mol. The average molecular weight is 464 g/mol. The van der Waals surface area contributed by atoms with Gasteiger partial charge in [-0.3, -0.25) is 9.59 Å². The molecule has 8 heteroatoms. The molecule has 5 rings (SSSR count). The molecule has 5 aromatic rings. The lowest BCUT2D eigenvalue weighted by Crippen LogP contribution is -2.08. The quantitative estimate of drug-likeness (QED) is 0.288.